The summed E-state index contributed by atoms with van der Waals surface area (Å²) in [4.78, 5) is 30.1. The van der Waals surface area contributed by atoms with Crippen molar-refractivity contribution in [2.45, 2.75) is 25.3 Å². The fourth-order valence-electron chi connectivity index (χ4n) is 2.66. The van der Waals surface area contributed by atoms with Gasteiger partial charge in [0.05, 0.1) is 24.4 Å². The summed E-state index contributed by atoms with van der Waals surface area (Å²) < 4.78 is 10.3. The van der Waals surface area contributed by atoms with Crippen molar-refractivity contribution in [1.29, 1.82) is 0 Å². The van der Waals surface area contributed by atoms with Gasteiger partial charge in [-0.2, -0.15) is 0 Å². The standard InChI is InChI=1S/C16H21N3O4/c1-22-6-7-23-14-5-2-12(9-17-14)18-16(21)11-8-15(20)19(10-11)13-3-4-13/h2,5,9,11,13H,3-4,6-8,10H2,1H3,(H,18,21)/t11-/m1/s1. The Morgan fingerprint density at radius 2 is 2.22 bits per heavy atom. The van der Waals surface area contributed by atoms with Crippen LogP contribution in [0.5, 0.6) is 5.88 Å². The molecular formula is C16H21N3O4. The molecule has 23 heavy (non-hydrogen) atoms. The predicted octanol–water partition coefficient (Wildman–Crippen LogP) is 1.06. The number of nitrogens with one attached hydrogen (secondary N) is 1. The molecular weight excluding hydrogens is 298 g/mol. The van der Waals surface area contributed by atoms with Crippen molar-refractivity contribution in [3.63, 3.8) is 0 Å². The Labute approximate surface area is 135 Å². The second-order valence-corrected chi connectivity index (χ2v) is 5.89. The first-order valence-corrected chi connectivity index (χ1v) is 7.85. The monoisotopic (exact) mass is 319 g/mol. The number of aromatic nitrogens is 1. The second kappa shape index (κ2) is 6.95. The van der Waals surface area contributed by atoms with Crippen LogP contribution < -0.4 is 10.1 Å². The molecule has 1 aromatic rings. The van der Waals surface area contributed by atoms with E-state index in [4.69, 9.17) is 9.47 Å². The third kappa shape index (κ3) is 3.98. The zero-order valence-electron chi connectivity index (χ0n) is 13.2. The van der Waals surface area contributed by atoms with Crippen LogP contribution in [-0.4, -0.2) is 54.6 Å². The van der Waals surface area contributed by atoms with Crippen molar-refractivity contribution >= 4 is 17.5 Å². The van der Waals surface area contributed by atoms with E-state index in [0.29, 0.717) is 43.8 Å². The third-order valence-corrected chi connectivity index (χ3v) is 4.06. The van der Waals surface area contributed by atoms with E-state index in [1.54, 1.807) is 25.4 Å². The molecule has 1 atom stereocenters. The van der Waals surface area contributed by atoms with Crippen molar-refractivity contribution in [3.05, 3.63) is 18.3 Å². The Kier molecular flexibility index (Phi) is 4.76. The Morgan fingerprint density at radius 3 is 2.87 bits per heavy atom. The number of rotatable bonds is 7. The van der Waals surface area contributed by atoms with E-state index < -0.39 is 0 Å². The zero-order valence-corrected chi connectivity index (χ0v) is 13.2. The van der Waals surface area contributed by atoms with Crippen LogP contribution in [0.4, 0.5) is 5.69 Å². The Bertz CT molecular complexity index is 571. The van der Waals surface area contributed by atoms with E-state index in [-0.39, 0.29) is 17.7 Å². The molecule has 1 N–H and O–H groups in total. The van der Waals surface area contributed by atoms with Crippen LogP contribution in [-0.2, 0) is 14.3 Å². The van der Waals surface area contributed by atoms with E-state index >= 15 is 0 Å². The number of pyridine rings is 1. The summed E-state index contributed by atoms with van der Waals surface area (Å²) >= 11 is 0. The van der Waals surface area contributed by atoms with Gasteiger partial charge in [-0.15, -0.1) is 0 Å². The molecule has 3 rings (SSSR count). The molecule has 1 aliphatic heterocycles. The van der Waals surface area contributed by atoms with Gasteiger partial charge < -0.3 is 19.7 Å². The van der Waals surface area contributed by atoms with Crippen LogP contribution in [0.3, 0.4) is 0 Å². The number of methoxy groups -OCH3 is 1. The highest BCUT2D eigenvalue weighted by molar-refractivity contribution is 5.97. The van der Waals surface area contributed by atoms with Crippen molar-refractivity contribution in [3.8, 4) is 5.88 Å². The van der Waals surface area contributed by atoms with Crippen LogP contribution in [0, 0.1) is 5.92 Å². The predicted molar refractivity (Wildman–Crippen MR) is 83.1 cm³/mol. The average Bonchev–Trinajstić information content (AvgIpc) is 3.31. The molecule has 1 aliphatic carbocycles. The highest BCUT2D eigenvalue weighted by atomic mass is 16.5. The summed E-state index contributed by atoms with van der Waals surface area (Å²) in [5, 5.41) is 2.82. The van der Waals surface area contributed by atoms with E-state index in [1.165, 1.54) is 0 Å². The van der Waals surface area contributed by atoms with Gasteiger partial charge >= 0.3 is 0 Å². The number of ether oxygens (including phenoxy) is 2. The lowest BCUT2D eigenvalue weighted by Crippen LogP contribution is -2.29. The molecule has 1 aromatic heterocycles. The van der Waals surface area contributed by atoms with Gasteiger partial charge in [-0.3, -0.25) is 9.59 Å². The molecule has 0 aromatic carbocycles. The lowest BCUT2D eigenvalue weighted by molar-refractivity contribution is -0.128. The molecule has 2 heterocycles. The summed E-state index contributed by atoms with van der Waals surface area (Å²) in [6, 6.07) is 3.80. The van der Waals surface area contributed by atoms with Gasteiger partial charge in [0.15, 0.2) is 0 Å². The number of carbonyl (C=O) groups excluding carboxylic acids is 2. The molecule has 0 radical (unpaired) electrons. The van der Waals surface area contributed by atoms with E-state index in [9.17, 15) is 9.59 Å². The minimum Gasteiger partial charge on any atom is -0.475 e. The lowest BCUT2D eigenvalue weighted by atomic mass is 10.1. The van der Waals surface area contributed by atoms with Gasteiger partial charge in [-0.25, -0.2) is 4.98 Å². The fraction of sp³-hybridized carbons (Fsp3) is 0.562. The number of carbonyl (C=O) groups is 2. The van der Waals surface area contributed by atoms with Crippen molar-refractivity contribution < 1.29 is 19.1 Å². The molecule has 124 valence electrons. The molecule has 2 fully saturated rings. The summed E-state index contributed by atoms with van der Waals surface area (Å²) in [6.07, 6.45) is 3.98. The minimum absolute atomic E-state index is 0.0904. The zero-order chi connectivity index (χ0) is 16.2. The largest absolute Gasteiger partial charge is 0.475 e. The van der Waals surface area contributed by atoms with Gasteiger partial charge in [-0.1, -0.05) is 0 Å². The van der Waals surface area contributed by atoms with Gasteiger partial charge in [0, 0.05) is 32.2 Å². The summed E-state index contributed by atoms with van der Waals surface area (Å²) in [7, 11) is 1.60. The molecule has 1 saturated carbocycles. The van der Waals surface area contributed by atoms with Gasteiger partial charge in [0.2, 0.25) is 17.7 Å². The molecule has 7 heteroatoms. The number of anilines is 1. The normalized spacial score (nSPS) is 20.7. The molecule has 7 nitrogen and oxygen atoms in total. The van der Waals surface area contributed by atoms with Crippen molar-refractivity contribution in [2.75, 3.05) is 32.2 Å². The van der Waals surface area contributed by atoms with Crippen LogP contribution >= 0.6 is 0 Å². The number of likely N-dealkylation sites (tertiary alicyclic amines) is 1. The maximum Gasteiger partial charge on any atom is 0.229 e. The third-order valence-electron chi connectivity index (χ3n) is 4.06. The highest BCUT2D eigenvalue weighted by Crippen LogP contribution is 2.32. The Hall–Kier alpha value is -2.15. The molecule has 0 unspecified atom stereocenters. The molecule has 0 spiro atoms. The molecule has 2 aliphatic rings. The fourth-order valence-corrected chi connectivity index (χ4v) is 2.66. The summed E-state index contributed by atoms with van der Waals surface area (Å²) in [5.74, 6) is 0.167. The first kappa shape index (κ1) is 15.7. The Balaban J connectivity index is 1.50. The van der Waals surface area contributed by atoms with Gasteiger partial charge in [-0.05, 0) is 18.9 Å². The van der Waals surface area contributed by atoms with Crippen molar-refractivity contribution in [1.82, 2.24) is 9.88 Å². The Morgan fingerprint density at radius 1 is 1.39 bits per heavy atom. The molecule has 2 amide bonds. The quantitative estimate of drug-likeness (QED) is 0.760. The van der Waals surface area contributed by atoms with Crippen LogP contribution in [0.15, 0.2) is 18.3 Å². The second-order valence-electron chi connectivity index (χ2n) is 5.89. The van der Waals surface area contributed by atoms with E-state index in [1.807, 2.05) is 4.90 Å². The first-order valence-electron chi connectivity index (χ1n) is 7.85. The highest BCUT2D eigenvalue weighted by Gasteiger charge is 2.41. The average molecular weight is 319 g/mol. The maximum absolute atomic E-state index is 12.3. The molecule has 1 saturated heterocycles. The summed E-state index contributed by atoms with van der Waals surface area (Å²) in [6.45, 7) is 1.45. The van der Waals surface area contributed by atoms with Crippen LogP contribution in [0.25, 0.3) is 0 Å². The SMILES string of the molecule is COCCOc1ccc(NC(=O)[C@@H]2CC(=O)N(C3CC3)C2)cn1. The van der Waals surface area contributed by atoms with E-state index in [2.05, 4.69) is 10.3 Å². The van der Waals surface area contributed by atoms with Gasteiger partial charge in [0.25, 0.3) is 0 Å². The number of hydrogen-bond donors (Lipinski definition) is 1. The number of hydrogen-bond acceptors (Lipinski definition) is 5. The number of nitrogens with zero attached hydrogens (tertiary/aromatic N) is 2. The van der Waals surface area contributed by atoms with Crippen molar-refractivity contribution in [2.24, 2.45) is 5.92 Å². The maximum atomic E-state index is 12.3. The topological polar surface area (TPSA) is 80.8 Å². The van der Waals surface area contributed by atoms with Crippen LogP contribution in [0.1, 0.15) is 19.3 Å². The first-order chi connectivity index (χ1) is 11.2. The van der Waals surface area contributed by atoms with Gasteiger partial charge in [0.1, 0.15) is 6.61 Å². The smallest absolute Gasteiger partial charge is 0.229 e. The van der Waals surface area contributed by atoms with Crippen LogP contribution in [0.2, 0.25) is 0 Å². The molecule has 0 bridgehead atoms. The van der Waals surface area contributed by atoms with E-state index in [0.717, 1.165) is 12.8 Å². The number of amides is 2. The minimum atomic E-state index is -0.277. The lowest BCUT2D eigenvalue weighted by Gasteiger charge is -2.15. The summed E-state index contributed by atoms with van der Waals surface area (Å²) in [5.41, 5.74) is 0.603.